The number of carboxylic acids is 1. The van der Waals surface area contributed by atoms with Crippen LogP contribution in [0, 0.1) is 5.82 Å². The topological polar surface area (TPSA) is 40.5 Å². The number of benzene rings is 1. The maximum atomic E-state index is 12.9. The maximum absolute atomic E-state index is 12.9. The first-order valence-corrected chi connectivity index (χ1v) is 4.85. The standard InChI is InChI=1S/C11H14FNO2/c1-2-13(7-6-11(14)15)10-5-3-4-9(12)8-10/h3-5,8H,2,6-7H2,1H3,(H,14,15). The smallest absolute Gasteiger partial charge is 0.305 e. The lowest BCUT2D eigenvalue weighted by molar-refractivity contribution is -0.136. The van der Waals surface area contributed by atoms with Crippen molar-refractivity contribution < 1.29 is 14.3 Å². The number of aliphatic carboxylic acids is 1. The molecule has 0 spiro atoms. The third kappa shape index (κ3) is 3.58. The number of carboxylic acid groups (broad SMARTS) is 1. The highest BCUT2D eigenvalue weighted by Crippen LogP contribution is 2.15. The molecule has 0 amide bonds. The van der Waals surface area contributed by atoms with Gasteiger partial charge in [0.1, 0.15) is 5.82 Å². The zero-order valence-corrected chi connectivity index (χ0v) is 8.61. The zero-order valence-electron chi connectivity index (χ0n) is 8.61. The molecular formula is C11H14FNO2. The molecule has 15 heavy (non-hydrogen) atoms. The molecule has 3 nitrogen and oxygen atoms in total. The highest BCUT2D eigenvalue weighted by Gasteiger charge is 2.06. The minimum Gasteiger partial charge on any atom is -0.481 e. The lowest BCUT2D eigenvalue weighted by Crippen LogP contribution is -2.25. The van der Waals surface area contributed by atoms with Crippen molar-refractivity contribution in [1.29, 1.82) is 0 Å². The van der Waals surface area contributed by atoms with E-state index in [0.29, 0.717) is 13.1 Å². The summed E-state index contributed by atoms with van der Waals surface area (Å²) < 4.78 is 12.9. The molecule has 0 fully saturated rings. The molecule has 0 aliphatic heterocycles. The van der Waals surface area contributed by atoms with E-state index in [0.717, 1.165) is 5.69 Å². The first-order chi connectivity index (χ1) is 7.13. The van der Waals surface area contributed by atoms with Crippen LogP contribution in [0.2, 0.25) is 0 Å². The second-order valence-electron chi connectivity index (χ2n) is 3.20. The Morgan fingerprint density at radius 1 is 1.53 bits per heavy atom. The monoisotopic (exact) mass is 211 g/mol. The normalized spacial score (nSPS) is 10.0. The van der Waals surface area contributed by atoms with Gasteiger partial charge in [-0.2, -0.15) is 0 Å². The maximum Gasteiger partial charge on any atom is 0.305 e. The van der Waals surface area contributed by atoms with Gasteiger partial charge < -0.3 is 10.0 Å². The minimum absolute atomic E-state index is 0.0599. The Kier molecular flexibility index (Phi) is 4.09. The molecule has 0 saturated heterocycles. The SMILES string of the molecule is CCN(CCC(=O)O)c1cccc(F)c1. The molecule has 1 aromatic rings. The summed E-state index contributed by atoms with van der Waals surface area (Å²) >= 11 is 0. The van der Waals surface area contributed by atoms with Crippen LogP contribution in [-0.4, -0.2) is 24.2 Å². The lowest BCUT2D eigenvalue weighted by atomic mass is 10.2. The molecule has 0 aromatic heterocycles. The molecule has 4 heteroatoms. The molecule has 0 aliphatic rings. The van der Waals surface area contributed by atoms with Crippen molar-refractivity contribution in [3.8, 4) is 0 Å². The second-order valence-corrected chi connectivity index (χ2v) is 3.20. The number of hydrogen-bond acceptors (Lipinski definition) is 2. The number of carbonyl (C=O) groups is 1. The molecule has 0 aliphatic carbocycles. The van der Waals surface area contributed by atoms with E-state index in [1.54, 1.807) is 12.1 Å². The van der Waals surface area contributed by atoms with Crippen LogP contribution < -0.4 is 4.90 Å². The fourth-order valence-corrected chi connectivity index (χ4v) is 1.37. The van der Waals surface area contributed by atoms with Crippen LogP contribution in [0.25, 0.3) is 0 Å². The van der Waals surface area contributed by atoms with Crippen molar-refractivity contribution in [2.24, 2.45) is 0 Å². The average molecular weight is 211 g/mol. The van der Waals surface area contributed by atoms with Crippen LogP contribution in [0.1, 0.15) is 13.3 Å². The van der Waals surface area contributed by atoms with Gasteiger partial charge in [0.25, 0.3) is 0 Å². The summed E-state index contributed by atoms with van der Waals surface area (Å²) in [7, 11) is 0. The highest BCUT2D eigenvalue weighted by atomic mass is 19.1. The fraction of sp³-hybridized carbons (Fsp3) is 0.364. The summed E-state index contributed by atoms with van der Waals surface area (Å²) in [6.07, 6.45) is 0.0599. The first kappa shape index (κ1) is 11.5. The summed E-state index contributed by atoms with van der Waals surface area (Å²) in [4.78, 5) is 12.2. The molecule has 0 radical (unpaired) electrons. The van der Waals surface area contributed by atoms with Crippen LogP contribution in [-0.2, 0) is 4.79 Å². The molecule has 1 rings (SSSR count). The van der Waals surface area contributed by atoms with Gasteiger partial charge in [0.2, 0.25) is 0 Å². The van der Waals surface area contributed by atoms with Crippen molar-refractivity contribution in [3.63, 3.8) is 0 Å². The number of rotatable bonds is 5. The van der Waals surface area contributed by atoms with Gasteiger partial charge in [-0.1, -0.05) is 6.07 Å². The van der Waals surface area contributed by atoms with Gasteiger partial charge in [0.15, 0.2) is 0 Å². The molecule has 0 bridgehead atoms. The van der Waals surface area contributed by atoms with Crippen molar-refractivity contribution in [2.45, 2.75) is 13.3 Å². The van der Waals surface area contributed by atoms with Crippen LogP contribution in [0.3, 0.4) is 0 Å². The number of hydrogen-bond donors (Lipinski definition) is 1. The minimum atomic E-state index is -0.843. The summed E-state index contributed by atoms with van der Waals surface area (Å²) in [5.41, 5.74) is 0.721. The molecular weight excluding hydrogens is 197 g/mol. The van der Waals surface area contributed by atoms with Gasteiger partial charge in [0, 0.05) is 18.8 Å². The Labute approximate surface area is 88.1 Å². The van der Waals surface area contributed by atoms with E-state index in [9.17, 15) is 9.18 Å². The Bertz CT molecular complexity index is 341. The first-order valence-electron chi connectivity index (χ1n) is 4.85. The van der Waals surface area contributed by atoms with Gasteiger partial charge in [0.05, 0.1) is 6.42 Å². The van der Waals surface area contributed by atoms with Crippen LogP contribution in [0.15, 0.2) is 24.3 Å². The Morgan fingerprint density at radius 2 is 2.27 bits per heavy atom. The van der Waals surface area contributed by atoms with Crippen molar-refractivity contribution in [2.75, 3.05) is 18.0 Å². The van der Waals surface area contributed by atoms with Gasteiger partial charge in [-0.05, 0) is 25.1 Å². The Hall–Kier alpha value is -1.58. The van der Waals surface area contributed by atoms with Gasteiger partial charge >= 0.3 is 5.97 Å². The predicted molar refractivity (Wildman–Crippen MR) is 56.5 cm³/mol. The summed E-state index contributed by atoms with van der Waals surface area (Å²) in [5, 5.41) is 8.56. The van der Waals surface area contributed by atoms with Crippen molar-refractivity contribution in [1.82, 2.24) is 0 Å². The Morgan fingerprint density at radius 3 is 2.80 bits per heavy atom. The van der Waals surface area contributed by atoms with Gasteiger partial charge in [-0.15, -0.1) is 0 Å². The lowest BCUT2D eigenvalue weighted by Gasteiger charge is -2.22. The van der Waals surface area contributed by atoms with Crippen LogP contribution in [0.5, 0.6) is 0 Å². The van der Waals surface area contributed by atoms with Crippen molar-refractivity contribution >= 4 is 11.7 Å². The molecule has 1 N–H and O–H groups in total. The van der Waals surface area contributed by atoms with Crippen LogP contribution in [0.4, 0.5) is 10.1 Å². The largest absolute Gasteiger partial charge is 0.481 e. The highest BCUT2D eigenvalue weighted by molar-refractivity contribution is 5.67. The second kappa shape index (κ2) is 5.34. The molecule has 0 heterocycles. The van der Waals surface area contributed by atoms with E-state index >= 15 is 0 Å². The van der Waals surface area contributed by atoms with E-state index in [1.807, 2.05) is 11.8 Å². The number of anilines is 1. The quantitative estimate of drug-likeness (QED) is 0.811. The van der Waals surface area contributed by atoms with Crippen LogP contribution >= 0.6 is 0 Å². The third-order valence-corrected chi connectivity index (χ3v) is 2.15. The van der Waals surface area contributed by atoms with E-state index in [2.05, 4.69) is 0 Å². The average Bonchev–Trinajstić information content (AvgIpc) is 2.18. The molecule has 0 unspecified atom stereocenters. The van der Waals surface area contributed by atoms with E-state index in [4.69, 9.17) is 5.11 Å². The molecule has 82 valence electrons. The van der Waals surface area contributed by atoms with E-state index < -0.39 is 5.97 Å². The summed E-state index contributed by atoms with van der Waals surface area (Å²) in [6, 6.07) is 6.17. The number of nitrogens with zero attached hydrogens (tertiary/aromatic N) is 1. The predicted octanol–water partition coefficient (Wildman–Crippen LogP) is 2.13. The Balaban J connectivity index is 2.69. The molecule has 0 atom stereocenters. The van der Waals surface area contributed by atoms with E-state index in [1.165, 1.54) is 12.1 Å². The summed E-state index contributed by atoms with van der Waals surface area (Å²) in [6.45, 7) is 2.97. The van der Waals surface area contributed by atoms with Gasteiger partial charge in [-0.25, -0.2) is 4.39 Å². The zero-order chi connectivity index (χ0) is 11.3. The van der Waals surface area contributed by atoms with Crippen molar-refractivity contribution in [3.05, 3.63) is 30.1 Å². The summed E-state index contributed by atoms with van der Waals surface area (Å²) in [5.74, 6) is -1.15. The molecule has 0 saturated carbocycles. The van der Waals surface area contributed by atoms with Gasteiger partial charge in [-0.3, -0.25) is 4.79 Å². The fourth-order valence-electron chi connectivity index (χ4n) is 1.37. The van der Waals surface area contributed by atoms with E-state index in [-0.39, 0.29) is 12.2 Å². The third-order valence-electron chi connectivity index (χ3n) is 2.15. The number of halogens is 1. The molecule has 1 aromatic carbocycles.